The highest BCUT2D eigenvalue weighted by molar-refractivity contribution is 6.70. The minimum absolute atomic E-state index is 0.222. The number of carbonyl (C=O) groups is 1. The Balaban J connectivity index is 4.64. The minimum atomic E-state index is -2.68. The van der Waals surface area contributed by atoms with E-state index in [0.717, 1.165) is 6.08 Å². The predicted molar refractivity (Wildman–Crippen MR) is 82.1 cm³/mol. The van der Waals surface area contributed by atoms with Crippen molar-refractivity contribution in [2.75, 3.05) is 42.2 Å². The molecule has 0 spiro atoms. The Hall–Kier alpha value is -0.556. The Kier molecular flexibility index (Phi) is 9.95. The third-order valence-corrected chi connectivity index (χ3v) is 10.1. The second-order valence-corrected chi connectivity index (χ2v) is 11.0. The van der Waals surface area contributed by atoms with Crippen molar-refractivity contribution in [3.05, 3.63) is 12.7 Å². The van der Waals surface area contributed by atoms with E-state index in [4.69, 9.17) is 26.9 Å². The normalized spacial score (nSPS) is 12.2. The summed E-state index contributed by atoms with van der Waals surface area (Å²) in [5, 5.41) is 0. The van der Waals surface area contributed by atoms with Gasteiger partial charge in [0.2, 0.25) is 0 Å². The molecule has 0 atom stereocenters. The number of carbonyl (C=O) groups excluding carboxylic acids is 1. The number of rotatable bonds is 12. The fourth-order valence-corrected chi connectivity index (χ4v) is 7.39. The zero-order chi connectivity index (χ0) is 16.4. The summed E-state index contributed by atoms with van der Waals surface area (Å²) in [4.78, 5) is 11.1. The van der Waals surface area contributed by atoms with Gasteiger partial charge in [-0.25, -0.2) is 4.79 Å². The average molecular weight is 339 g/mol. The molecular weight excluding hydrogens is 312 g/mol. The van der Waals surface area contributed by atoms with Gasteiger partial charge in [-0.15, -0.1) is 0 Å². The van der Waals surface area contributed by atoms with Crippen molar-refractivity contribution in [1.82, 2.24) is 0 Å². The summed E-state index contributed by atoms with van der Waals surface area (Å²) >= 11 is 0. The molecule has 0 radical (unpaired) electrons. The first-order valence-electron chi connectivity index (χ1n) is 6.52. The molecule has 0 heterocycles. The fraction of sp³-hybridized carbons (Fsp3) is 0.750. The van der Waals surface area contributed by atoms with Gasteiger partial charge in [0.05, 0.1) is 6.61 Å². The number of hydrogen-bond acceptors (Lipinski definition) is 7. The Labute approximate surface area is 128 Å². The van der Waals surface area contributed by atoms with E-state index in [1.165, 1.54) is 0 Å². The van der Waals surface area contributed by atoms with E-state index >= 15 is 0 Å². The first-order chi connectivity index (χ1) is 9.96. The van der Waals surface area contributed by atoms with Gasteiger partial charge in [-0.3, -0.25) is 0 Å². The number of hydrogen-bond donors (Lipinski definition) is 0. The van der Waals surface area contributed by atoms with E-state index < -0.39 is 23.3 Å². The second-order valence-electron chi connectivity index (χ2n) is 4.24. The lowest BCUT2D eigenvalue weighted by atomic mass is 10.6. The molecule has 0 aromatic heterocycles. The summed E-state index contributed by atoms with van der Waals surface area (Å²) in [5.74, 6) is -0.459. The molecule has 0 saturated heterocycles. The van der Waals surface area contributed by atoms with Crippen LogP contribution in [0.4, 0.5) is 0 Å². The molecule has 7 nitrogen and oxygen atoms in total. The van der Waals surface area contributed by atoms with Crippen LogP contribution in [0, 0.1) is 0 Å². The standard InChI is InChI=1S/C12H26O7Si2/c1-7-12(13)19-8-9-20(14-2,15-3)10-11-21(16-4,17-5)18-6/h7H,1,8-11H2,2-6H3. The summed E-state index contributed by atoms with van der Waals surface area (Å²) in [6.07, 6.45) is 1.13. The van der Waals surface area contributed by atoms with Crippen LogP contribution in [0.5, 0.6) is 0 Å². The topological polar surface area (TPSA) is 72.5 Å². The first-order valence-corrected chi connectivity index (χ1v) is 10.7. The van der Waals surface area contributed by atoms with Crippen molar-refractivity contribution in [3.8, 4) is 0 Å². The van der Waals surface area contributed by atoms with E-state index in [0.29, 0.717) is 18.1 Å². The number of esters is 1. The summed E-state index contributed by atoms with van der Waals surface area (Å²) in [6.45, 7) is 3.57. The lowest BCUT2D eigenvalue weighted by Gasteiger charge is -2.31. The molecule has 0 amide bonds. The summed E-state index contributed by atoms with van der Waals surface area (Å²) < 4.78 is 32.3. The molecular formula is C12H26O7Si2. The van der Waals surface area contributed by atoms with Crippen molar-refractivity contribution in [1.29, 1.82) is 0 Å². The molecule has 0 aromatic rings. The van der Waals surface area contributed by atoms with E-state index in [1.807, 2.05) is 0 Å². The van der Waals surface area contributed by atoms with Crippen LogP contribution in [0.15, 0.2) is 12.7 Å². The van der Waals surface area contributed by atoms with Crippen LogP contribution < -0.4 is 0 Å². The van der Waals surface area contributed by atoms with Crippen molar-refractivity contribution in [3.63, 3.8) is 0 Å². The second kappa shape index (κ2) is 10.2. The van der Waals surface area contributed by atoms with Crippen LogP contribution in [0.3, 0.4) is 0 Å². The summed E-state index contributed by atoms with van der Waals surface area (Å²) in [6, 6.07) is 1.70. The van der Waals surface area contributed by atoms with Crippen LogP contribution in [0.25, 0.3) is 0 Å². The van der Waals surface area contributed by atoms with E-state index in [-0.39, 0.29) is 6.61 Å². The maximum Gasteiger partial charge on any atom is 0.500 e. The van der Waals surface area contributed by atoms with Gasteiger partial charge in [-0.05, 0) is 6.04 Å². The van der Waals surface area contributed by atoms with Gasteiger partial charge in [0.25, 0.3) is 0 Å². The summed E-state index contributed by atoms with van der Waals surface area (Å²) in [7, 11) is 2.71. The molecule has 0 fully saturated rings. The molecule has 21 heavy (non-hydrogen) atoms. The molecule has 0 bridgehead atoms. The maximum absolute atomic E-state index is 11.1. The molecule has 0 rings (SSSR count). The van der Waals surface area contributed by atoms with Gasteiger partial charge in [-0.1, -0.05) is 6.58 Å². The summed E-state index contributed by atoms with van der Waals surface area (Å²) in [5.41, 5.74) is 0. The quantitative estimate of drug-likeness (QED) is 0.302. The molecule has 0 aliphatic rings. The molecule has 124 valence electrons. The minimum Gasteiger partial charge on any atom is -0.463 e. The number of ether oxygens (including phenoxy) is 1. The van der Waals surface area contributed by atoms with Crippen molar-refractivity contribution >= 4 is 23.3 Å². The molecule has 0 unspecified atom stereocenters. The van der Waals surface area contributed by atoms with Gasteiger partial charge in [0, 0.05) is 53.7 Å². The van der Waals surface area contributed by atoms with Crippen molar-refractivity contribution in [2.24, 2.45) is 0 Å². The highest BCUT2D eigenvalue weighted by Crippen LogP contribution is 2.25. The van der Waals surface area contributed by atoms with Crippen LogP contribution in [-0.4, -0.2) is 65.5 Å². The molecule has 0 N–H and O–H groups in total. The van der Waals surface area contributed by atoms with Gasteiger partial charge >= 0.3 is 23.3 Å². The SMILES string of the molecule is C=CC(=O)OCC[Si](CC[Si](OC)(OC)OC)(OC)OC. The van der Waals surface area contributed by atoms with Crippen molar-refractivity contribution in [2.45, 2.75) is 18.1 Å². The Bertz CT molecular complexity index is 308. The lowest BCUT2D eigenvalue weighted by molar-refractivity contribution is -0.137. The third kappa shape index (κ3) is 6.38. The average Bonchev–Trinajstić information content (AvgIpc) is 2.54. The first kappa shape index (κ1) is 20.4. The molecule has 0 aliphatic carbocycles. The van der Waals surface area contributed by atoms with Gasteiger partial charge < -0.3 is 26.9 Å². The smallest absolute Gasteiger partial charge is 0.463 e. The van der Waals surface area contributed by atoms with E-state index in [1.54, 1.807) is 35.5 Å². The Morgan fingerprint density at radius 3 is 1.81 bits per heavy atom. The van der Waals surface area contributed by atoms with Crippen LogP contribution in [0.1, 0.15) is 0 Å². The maximum atomic E-state index is 11.1. The lowest BCUT2D eigenvalue weighted by Crippen LogP contribution is -2.48. The van der Waals surface area contributed by atoms with Crippen LogP contribution in [0.2, 0.25) is 18.1 Å². The monoisotopic (exact) mass is 338 g/mol. The zero-order valence-electron chi connectivity index (χ0n) is 13.5. The highest BCUT2D eigenvalue weighted by Gasteiger charge is 2.44. The van der Waals surface area contributed by atoms with Gasteiger partial charge in [-0.2, -0.15) is 0 Å². The van der Waals surface area contributed by atoms with E-state index in [2.05, 4.69) is 6.58 Å². The van der Waals surface area contributed by atoms with Gasteiger partial charge in [0.15, 0.2) is 0 Å². The van der Waals surface area contributed by atoms with Crippen molar-refractivity contribution < 1.29 is 31.7 Å². The third-order valence-electron chi connectivity index (χ3n) is 3.38. The van der Waals surface area contributed by atoms with Gasteiger partial charge in [0.1, 0.15) is 0 Å². The largest absolute Gasteiger partial charge is 0.500 e. The fourth-order valence-electron chi connectivity index (χ4n) is 1.88. The highest BCUT2D eigenvalue weighted by atomic mass is 28.4. The Morgan fingerprint density at radius 2 is 1.43 bits per heavy atom. The molecule has 9 heteroatoms. The molecule has 0 aromatic carbocycles. The van der Waals surface area contributed by atoms with Crippen LogP contribution in [-0.2, 0) is 31.7 Å². The molecule has 0 aliphatic heterocycles. The van der Waals surface area contributed by atoms with E-state index in [9.17, 15) is 4.79 Å². The molecule has 0 saturated carbocycles. The van der Waals surface area contributed by atoms with Crippen LogP contribution >= 0.6 is 0 Å². The Morgan fingerprint density at radius 1 is 0.905 bits per heavy atom. The predicted octanol–water partition coefficient (Wildman–Crippen LogP) is 1.33. The zero-order valence-corrected chi connectivity index (χ0v) is 15.5.